The van der Waals surface area contributed by atoms with Crippen LogP contribution in [0.1, 0.15) is 12.8 Å². The predicted molar refractivity (Wildman–Crippen MR) is 46.7 cm³/mol. The van der Waals surface area contributed by atoms with Gasteiger partial charge in [-0.3, -0.25) is 4.79 Å². The van der Waals surface area contributed by atoms with E-state index in [1.165, 1.54) is 6.54 Å². The molecule has 2 heterocycles. The fourth-order valence-electron chi connectivity index (χ4n) is 2.38. The monoisotopic (exact) mass is 168 g/mol. The molecule has 2 saturated heterocycles. The first-order valence-corrected chi connectivity index (χ1v) is 4.71. The first-order chi connectivity index (χ1) is 5.75. The highest BCUT2D eigenvalue weighted by molar-refractivity contribution is 5.76. The van der Waals surface area contributed by atoms with Crippen LogP contribution >= 0.6 is 0 Å². The second kappa shape index (κ2) is 3.05. The molecule has 12 heavy (non-hydrogen) atoms. The zero-order valence-corrected chi connectivity index (χ0v) is 7.55. The minimum absolute atomic E-state index is 0.243. The Hall–Kier alpha value is -0.570. The lowest BCUT2D eigenvalue weighted by atomic mass is 9.93. The normalized spacial score (nSPS) is 37.2. The first kappa shape index (κ1) is 8.05. The lowest BCUT2D eigenvalue weighted by molar-refractivity contribution is -0.120. The van der Waals surface area contributed by atoms with E-state index in [9.17, 15) is 4.79 Å². The van der Waals surface area contributed by atoms with Crippen LogP contribution in [0.2, 0.25) is 0 Å². The molecule has 0 aromatic rings. The highest BCUT2D eigenvalue weighted by Gasteiger charge is 2.32. The molecule has 2 aliphatic heterocycles. The molecule has 0 radical (unpaired) electrons. The van der Waals surface area contributed by atoms with Crippen LogP contribution in [0.5, 0.6) is 0 Å². The maximum atomic E-state index is 11.1. The Morgan fingerprint density at radius 2 is 2.17 bits per heavy atom. The number of hydrogen-bond donors (Lipinski definition) is 1. The number of nitrogens with zero attached hydrogens (tertiary/aromatic N) is 1. The lowest BCUT2D eigenvalue weighted by Gasteiger charge is -2.12. The molecule has 0 saturated carbocycles. The molecule has 2 unspecified atom stereocenters. The summed E-state index contributed by atoms with van der Waals surface area (Å²) in [5.74, 6) is 1.71. The van der Waals surface area contributed by atoms with Crippen molar-refractivity contribution in [2.24, 2.45) is 11.8 Å². The van der Waals surface area contributed by atoms with Gasteiger partial charge in [-0.05, 0) is 25.3 Å². The molecule has 0 spiro atoms. The summed E-state index contributed by atoms with van der Waals surface area (Å²) in [7, 11) is 2.16. The third-order valence-corrected chi connectivity index (χ3v) is 3.06. The molecule has 68 valence electrons. The van der Waals surface area contributed by atoms with E-state index in [4.69, 9.17) is 0 Å². The number of nitrogens with one attached hydrogen (secondary N) is 1. The number of fused-ring (bicyclic) bond motifs is 1. The Bertz CT molecular complexity index is 175. The van der Waals surface area contributed by atoms with Crippen molar-refractivity contribution in [3.05, 3.63) is 0 Å². The Kier molecular flexibility index (Phi) is 2.05. The zero-order chi connectivity index (χ0) is 8.55. The van der Waals surface area contributed by atoms with Crippen molar-refractivity contribution < 1.29 is 4.79 Å². The topological polar surface area (TPSA) is 32.3 Å². The van der Waals surface area contributed by atoms with Crippen molar-refractivity contribution in [1.29, 1.82) is 0 Å². The van der Waals surface area contributed by atoms with Gasteiger partial charge in [-0.25, -0.2) is 0 Å². The van der Waals surface area contributed by atoms with Gasteiger partial charge in [-0.15, -0.1) is 0 Å². The van der Waals surface area contributed by atoms with Gasteiger partial charge >= 0.3 is 0 Å². The minimum Gasteiger partial charge on any atom is -0.356 e. The van der Waals surface area contributed by atoms with Crippen LogP contribution < -0.4 is 5.32 Å². The smallest absolute Gasteiger partial charge is 0.220 e. The Labute approximate surface area is 73.1 Å². The lowest BCUT2D eigenvalue weighted by Crippen LogP contribution is -2.28. The molecule has 2 rings (SSSR count). The van der Waals surface area contributed by atoms with Crippen molar-refractivity contribution in [2.45, 2.75) is 12.8 Å². The molecular formula is C9H16N2O. The molecule has 1 amide bonds. The van der Waals surface area contributed by atoms with Gasteiger partial charge in [0.2, 0.25) is 5.91 Å². The summed E-state index contributed by atoms with van der Waals surface area (Å²) >= 11 is 0. The van der Waals surface area contributed by atoms with Crippen molar-refractivity contribution >= 4 is 5.91 Å². The van der Waals surface area contributed by atoms with Crippen molar-refractivity contribution in [3.8, 4) is 0 Å². The van der Waals surface area contributed by atoms with Crippen LogP contribution in [0, 0.1) is 11.8 Å². The predicted octanol–water partition coefficient (Wildman–Crippen LogP) is 0.0742. The molecule has 2 atom stereocenters. The summed E-state index contributed by atoms with van der Waals surface area (Å²) in [5.41, 5.74) is 0. The number of carbonyl (C=O) groups is 1. The Morgan fingerprint density at radius 3 is 3.00 bits per heavy atom. The van der Waals surface area contributed by atoms with Crippen molar-refractivity contribution in [2.75, 3.05) is 26.7 Å². The van der Waals surface area contributed by atoms with Crippen LogP contribution in [0.4, 0.5) is 0 Å². The Morgan fingerprint density at radius 1 is 1.42 bits per heavy atom. The van der Waals surface area contributed by atoms with E-state index >= 15 is 0 Å². The summed E-state index contributed by atoms with van der Waals surface area (Å²) in [6, 6.07) is 0. The SMILES string of the molecule is CN1CC2CCC(=O)NCC2C1. The standard InChI is InChI=1S/C9H16N2O/c1-11-5-7-2-3-9(12)10-4-8(7)6-11/h7-8H,2-6H2,1H3,(H,10,12). The van der Waals surface area contributed by atoms with E-state index in [2.05, 4.69) is 17.3 Å². The average Bonchev–Trinajstić information content (AvgIpc) is 2.31. The second-order valence-electron chi connectivity index (χ2n) is 4.08. The highest BCUT2D eigenvalue weighted by atomic mass is 16.1. The third kappa shape index (κ3) is 1.46. The van der Waals surface area contributed by atoms with Crippen molar-refractivity contribution in [1.82, 2.24) is 10.2 Å². The van der Waals surface area contributed by atoms with Crippen LogP contribution in [0.3, 0.4) is 0 Å². The number of likely N-dealkylation sites (tertiary alicyclic amines) is 1. The van der Waals surface area contributed by atoms with Gasteiger partial charge in [0.25, 0.3) is 0 Å². The van der Waals surface area contributed by atoms with Gasteiger partial charge in [0.05, 0.1) is 0 Å². The average molecular weight is 168 g/mol. The Balaban J connectivity index is 2.00. The van der Waals surface area contributed by atoms with E-state index in [-0.39, 0.29) is 5.91 Å². The number of hydrogen-bond acceptors (Lipinski definition) is 2. The molecule has 3 nitrogen and oxygen atoms in total. The molecule has 0 aliphatic carbocycles. The molecule has 0 bridgehead atoms. The fourth-order valence-corrected chi connectivity index (χ4v) is 2.38. The summed E-state index contributed by atoms with van der Waals surface area (Å²) in [5, 5.41) is 2.97. The molecule has 2 fully saturated rings. The number of rotatable bonds is 0. The van der Waals surface area contributed by atoms with Gasteiger partial charge < -0.3 is 10.2 Å². The van der Waals surface area contributed by atoms with Crippen LogP contribution in [-0.4, -0.2) is 37.5 Å². The maximum Gasteiger partial charge on any atom is 0.220 e. The number of amides is 1. The quantitative estimate of drug-likeness (QED) is 0.555. The molecule has 1 N–H and O–H groups in total. The van der Waals surface area contributed by atoms with E-state index < -0.39 is 0 Å². The van der Waals surface area contributed by atoms with E-state index in [0.29, 0.717) is 5.92 Å². The highest BCUT2D eigenvalue weighted by Crippen LogP contribution is 2.27. The second-order valence-corrected chi connectivity index (χ2v) is 4.08. The molecule has 0 aromatic heterocycles. The van der Waals surface area contributed by atoms with Crippen LogP contribution in [-0.2, 0) is 4.79 Å². The number of carbonyl (C=O) groups excluding carboxylic acids is 1. The maximum absolute atomic E-state index is 11.1. The third-order valence-electron chi connectivity index (χ3n) is 3.06. The van der Waals surface area contributed by atoms with E-state index in [1.54, 1.807) is 0 Å². The van der Waals surface area contributed by atoms with E-state index in [0.717, 1.165) is 31.8 Å². The fraction of sp³-hybridized carbons (Fsp3) is 0.889. The first-order valence-electron chi connectivity index (χ1n) is 4.71. The summed E-state index contributed by atoms with van der Waals surface area (Å²) in [4.78, 5) is 13.4. The summed E-state index contributed by atoms with van der Waals surface area (Å²) in [6.07, 6.45) is 1.82. The van der Waals surface area contributed by atoms with Gasteiger partial charge in [0, 0.05) is 26.1 Å². The minimum atomic E-state index is 0.243. The van der Waals surface area contributed by atoms with Gasteiger partial charge in [0.15, 0.2) is 0 Å². The van der Waals surface area contributed by atoms with Crippen LogP contribution in [0.15, 0.2) is 0 Å². The molecule has 3 heteroatoms. The largest absolute Gasteiger partial charge is 0.356 e. The van der Waals surface area contributed by atoms with E-state index in [1.807, 2.05) is 0 Å². The zero-order valence-electron chi connectivity index (χ0n) is 7.55. The van der Waals surface area contributed by atoms with Gasteiger partial charge in [-0.2, -0.15) is 0 Å². The summed E-state index contributed by atoms with van der Waals surface area (Å²) < 4.78 is 0. The van der Waals surface area contributed by atoms with Crippen LogP contribution in [0.25, 0.3) is 0 Å². The van der Waals surface area contributed by atoms with Gasteiger partial charge in [0.1, 0.15) is 0 Å². The molecular weight excluding hydrogens is 152 g/mol. The van der Waals surface area contributed by atoms with Gasteiger partial charge in [-0.1, -0.05) is 0 Å². The van der Waals surface area contributed by atoms with Crippen molar-refractivity contribution in [3.63, 3.8) is 0 Å². The molecule has 2 aliphatic rings. The molecule has 0 aromatic carbocycles. The summed E-state index contributed by atoms with van der Waals surface area (Å²) in [6.45, 7) is 3.23.